The largest absolute Gasteiger partial charge is 0.487 e. The van der Waals surface area contributed by atoms with Crippen molar-refractivity contribution in [1.82, 2.24) is 0 Å². The Hall–Kier alpha value is -1.82. The first-order valence-electron chi connectivity index (χ1n) is 7.10. The number of hydrogen-bond donors (Lipinski definition) is 1. The van der Waals surface area contributed by atoms with Crippen LogP contribution in [0.3, 0.4) is 0 Å². The first-order chi connectivity index (χ1) is 9.90. The maximum atomic E-state index is 11.0. The van der Waals surface area contributed by atoms with Gasteiger partial charge in [0.1, 0.15) is 0 Å². The highest BCUT2D eigenvalue weighted by Crippen LogP contribution is 2.44. The van der Waals surface area contributed by atoms with Crippen molar-refractivity contribution < 1.29 is 14.4 Å². The molecule has 0 aromatic heterocycles. The van der Waals surface area contributed by atoms with Crippen molar-refractivity contribution in [2.75, 3.05) is 19.0 Å². The van der Waals surface area contributed by atoms with Crippen molar-refractivity contribution in [2.24, 2.45) is 5.41 Å². The molecule has 1 aromatic rings. The van der Waals surface area contributed by atoms with Gasteiger partial charge < -0.3 is 14.8 Å². The van der Waals surface area contributed by atoms with Crippen LogP contribution in [0.25, 0.3) is 0 Å². The molecule has 1 N–H and O–H groups in total. The van der Waals surface area contributed by atoms with Gasteiger partial charge in [-0.3, -0.25) is 10.1 Å². The van der Waals surface area contributed by atoms with Crippen molar-refractivity contribution >= 4 is 11.4 Å². The molecule has 6 nitrogen and oxygen atoms in total. The lowest BCUT2D eigenvalue weighted by Crippen LogP contribution is -2.57. The second-order valence-electron chi connectivity index (χ2n) is 5.85. The molecule has 0 saturated heterocycles. The van der Waals surface area contributed by atoms with Crippen LogP contribution < -0.4 is 10.1 Å². The van der Waals surface area contributed by atoms with E-state index in [1.165, 1.54) is 6.07 Å². The third kappa shape index (κ3) is 2.95. The van der Waals surface area contributed by atoms with E-state index in [0.717, 1.165) is 12.1 Å². The SMILES string of the molecule is CCOc1cc(NC2CC(OC)C2(C)C)ccc1[N+](=O)[O-]. The molecule has 6 heteroatoms. The van der Waals surface area contributed by atoms with Crippen molar-refractivity contribution in [3.05, 3.63) is 28.3 Å². The zero-order chi connectivity index (χ0) is 15.6. The summed E-state index contributed by atoms with van der Waals surface area (Å²) in [6, 6.07) is 5.17. The van der Waals surface area contributed by atoms with Gasteiger partial charge in [-0.05, 0) is 19.4 Å². The minimum absolute atomic E-state index is 0.00922. The molecular weight excluding hydrogens is 272 g/mol. The molecule has 1 aromatic carbocycles. The summed E-state index contributed by atoms with van der Waals surface area (Å²) in [6.45, 7) is 6.50. The number of methoxy groups -OCH3 is 1. The van der Waals surface area contributed by atoms with Crippen molar-refractivity contribution in [1.29, 1.82) is 0 Å². The normalized spacial score (nSPS) is 23.2. The Morgan fingerprint density at radius 2 is 2.19 bits per heavy atom. The van der Waals surface area contributed by atoms with E-state index < -0.39 is 4.92 Å². The summed E-state index contributed by atoms with van der Waals surface area (Å²) in [5.41, 5.74) is 0.851. The van der Waals surface area contributed by atoms with Crippen LogP contribution >= 0.6 is 0 Å². The van der Waals surface area contributed by atoms with E-state index in [1.54, 1.807) is 19.2 Å². The van der Waals surface area contributed by atoms with Gasteiger partial charge in [0.05, 0.1) is 17.6 Å². The van der Waals surface area contributed by atoms with E-state index in [2.05, 4.69) is 19.2 Å². The monoisotopic (exact) mass is 294 g/mol. The van der Waals surface area contributed by atoms with Gasteiger partial charge in [0.25, 0.3) is 0 Å². The summed E-state index contributed by atoms with van der Waals surface area (Å²) in [5, 5.41) is 14.4. The number of nitro groups is 1. The molecule has 21 heavy (non-hydrogen) atoms. The van der Waals surface area contributed by atoms with E-state index in [-0.39, 0.29) is 23.2 Å². The fraction of sp³-hybridized carbons (Fsp3) is 0.600. The van der Waals surface area contributed by atoms with E-state index in [0.29, 0.717) is 12.4 Å². The lowest BCUT2D eigenvalue weighted by Gasteiger charge is -2.51. The van der Waals surface area contributed by atoms with E-state index >= 15 is 0 Å². The van der Waals surface area contributed by atoms with E-state index in [1.807, 2.05) is 6.92 Å². The van der Waals surface area contributed by atoms with Crippen molar-refractivity contribution in [3.63, 3.8) is 0 Å². The molecule has 2 rings (SSSR count). The minimum atomic E-state index is -0.428. The third-order valence-corrected chi connectivity index (χ3v) is 4.26. The standard InChI is InChI=1S/C15H22N2O4/c1-5-21-12-8-10(6-7-11(12)17(18)19)16-13-9-14(20-4)15(13,2)3/h6-8,13-14,16H,5,9H2,1-4H3. The third-order valence-electron chi connectivity index (χ3n) is 4.26. The van der Waals surface area contributed by atoms with Gasteiger partial charge in [-0.2, -0.15) is 0 Å². The number of ether oxygens (including phenoxy) is 2. The molecule has 0 amide bonds. The topological polar surface area (TPSA) is 73.6 Å². The van der Waals surface area contributed by atoms with E-state index in [4.69, 9.17) is 9.47 Å². The molecule has 0 heterocycles. The molecule has 0 bridgehead atoms. The van der Waals surface area contributed by atoms with Gasteiger partial charge in [0.2, 0.25) is 0 Å². The summed E-state index contributed by atoms with van der Waals surface area (Å²) in [6.07, 6.45) is 1.16. The summed E-state index contributed by atoms with van der Waals surface area (Å²) in [5.74, 6) is 0.299. The van der Waals surface area contributed by atoms with Crippen LogP contribution in [0.4, 0.5) is 11.4 Å². The maximum absolute atomic E-state index is 11.0. The van der Waals surface area contributed by atoms with Crippen molar-refractivity contribution in [2.45, 2.75) is 39.3 Å². The smallest absolute Gasteiger partial charge is 0.311 e. The lowest BCUT2D eigenvalue weighted by molar-refractivity contribution is -0.385. The molecule has 1 saturated carbocycles. The van der Waals surface area contributed by atoms with Gasteiger partial charge >= 0.3 is 5.69 Å². The summed E-state index contributed by atoms with van der Waals surface area (Å²) in [4.78, 5) is 10.5. The van der Waals surface area contributed by atoms with Gasteiger partial charge in [-0.15, -0.1) is 0 Å². The van der Waals surface area contributed by atoms with Gasteiger partial charge in [-0.25, -0.2) is 0 Å². The number of nitrogens with zero attached hydrogens (tertiary/aromatic N) is 1. The quantitative estimate of drug-likeness (QED) is 0.644. The fourth-order valence-corrected chi connectivity index (χ4v) is 2.76. The first-order valence-corrected chi connectivity index (χ1v) is 7.10. The molecular formula is C15H22N2O4. The second-order valence-corrected chi connectivity index (χ2v) is 5.85. The zero-order valence-corrected chi connectivity index (χ0v) is 12.9. The predicted molar refractivity (Wildman–Crippen MR) is 80.9 cm³/mol. The summed E-state index contributed by atoms with van der Waals surface area (Å²) >= 11 is 0. The molecule has 116 valence electrons. The Morgan fingerprint density at radius 3 is 2.71 bits per heavy atom. The van der Waals surface area contributed by atoms with Crippen LogP contribution in [-0.4, -0.2) is 30.8 Å². The zero-order valence-electron chi connectivity index (χ0n) is 12.9. The molecule has 2 atom stereocenters. The lowest BCUT2D eigenvalue weighted by atomic mass is 9.64. The minimum Gasteiger partial charge on any atom is -0.487 e. The van der Waals surface area contributed by atoms with Crippen LogP contribution in [-0.2, 0) is 4.74 Å². The highest BCUT2D eigenvalue weighted by Gasteiger charge is 2.48. The Bertz CT molecular complexity index is 530. The van der Waals surface area contributed by atoms with Gasteiger partial charge in [0, 0.05) is 36.4 Å². The Morgan fingerprint density at radius 1 is 1.48 bits per heavy atom. The number of benzene rings is 1. The number of nitro benzene ring substituents is 1. The molecule has 0 radical (unpaired) electrons. The predicted octanol–water partition coefficient (Wildman–Crippen LogP) is 3.22. The van der Waals surface area contributed by atoms with Crippen LogP contribution in [0, 0.1) is 15.5 Å². The van der Waals surface area contributed by atoms with Crippen LogP contribution in [0.15, 0.2) is 18.2 Å². The molecule has 0 spiro atoms. The van der Waals surface area contributed by atoms with Gasteiger partial charge in [-0.1, -0.05) is 13.8 Å². The van der Waals surface area contributed by atoms with Crippen molar-refractivity contribution in [3.8, 4) is 5.75 Å². The number of nitrogens with one attached hydrogen (secondary N) is 1. The van der Waals surface area contributed by atoms with E-state index in [9.17, 15) is 10.1 Å². The van der Waals surface area contributed by atoms with Gasteiger partial charge in [0.15, 0.2) is 5.75 Å². The highest BCUT2D eigenvalue weighted by molar-refractivity contribution is 5.58. The molecule has 1 fully saturated rings. The highest BCUT2D eigenvalue weighted by atomic mass is 16.6. The Labute approximate surface area is 124 Å². The maximum Gasteiger partial charge on any atom is 0.311 e. The molecule has 0 aliphatic heterocycles. The van der Waals surface area contributed by atoms with Crippen LogP contribution in [0.1, 0.15) is 27.2 Å². The second kappa shape index (κ2) is 5.89. The Kier molecular flexibility index (Phi) is 4.37. The molecule has 1 aliphatic rings. The number of anilines is 1. The number of hydrogen-bond acceptors (Lipinski definition) is 5. The Balaban J connectivity index is 2.15. The summed E-state index contributed by atoms with van der Waals surface area (Å²) < 4.78 is 10.8. The summed E-state index contributed by atoms with van der Waals surface area (Å²) in [7, 11) is 1.72. The van der Waals surface area contributed by atoms with Crippen LogP contribution in [0.2, 0.25) is 0 Å². The molecule has 2 unspecified atom stereocenters. The average Bonchev–Trinajstić information content (AvgIpc) is 2.43. The molecule has 1 aliphatic carbocycles. The van der Waals surface area contributed by atoms with Crippen LogP contribution in [0.5, 0.6) is 5.75 Å². The number of rotatable bonds is 6. The average molecular weight is 294 g/mol. The first kappa shape index (κ1) is 15.6. The fourth-order valence-electron chi connectivity index (χ4n) is 2.76.